The van der Waals surface area contributed by atoms with E-state index in [9.17, 15) is 0 Å². The Balaban J connectivity index is 1.36. The van der Waals surface area contributed by atoms with E-state index in [1.165, 1.54) is 56.1 Å². The van der Waals surface area contributed by atoms with Gasteiger partial charge in [0.2, 0.25) is 0 Å². The molecule has 3 aliphatic carbocycles. The van der Waals surface area contributed by atoms with E-state index in [4.69, 9.17) is 6.58 Å². The summed E-state index contributed by atoms with van der Waals surface area (Å²) in [5.74, 6) is 8.10. The summed E-state index contributed by atoms with van der Waals surface area (Å²) in [4.78, 5) is 0. The minimum Gasteiger partial charge on any atom is -0.0952 e. The van der Waals surface area contributed by atoms with E-state index in [0.717, 1.165) is 72.5 Å². The average molecular weight is 567 g/mol. The van der Waals surface area contributed by atoms with E-state index in [1.54, 1.807) is 27.8 Å². The van der Waals surface area contributed by atoms with Gasteiger partial charge in [0.05, 0.1) is 0 Å². The van der Waals surface area contributed by atoms with Crippen LogP contribution in [-0.2, 0) is 25.7 Å². The van der Waals surface area contributed by atoms with Crippen LogP contribution >= 0.6 is 0 Å². The van der Waals surface area contributed by atoms with Crippen molar-refractivity contribution in [2.75, 3.05) is 0 Å². The fourth-order valence-corrected chi connectivity index (χ4v) is 9.93. The summed E-state index contributed by atoms with van der Waals surface area (Å²) < 4.78 is 0. The number of aryl methyl sites for hydroxylation is 1. The molecule has 2 saturated carbocycles. The van der Waals surface area contributed by atoms with Crippen LogP contribution in [0.15, 0.2) is 43.0 Å². The van der Waals surface area contributed by atoms with Crippen molar-refractivity contribution >= 4 is 5.57 Å². The Morgan fingerprint density at radius 3 is 2.10 bits per heavy atom. The van der Waals surface area contributed by atoms with Gasteiger partial charge in [0, 0.05) is 0 Å². The Morgan fingerprint density at radius 1 is 0.667 bits per heavy atom. The van der Waals surface area contributed by atoms with E-state index < -0.39 is 0 Å². The van der Waals surface area contributed by atoms with Gasteiger partial charge >= 0.3 is 0 Å². The molecule has 0 heterocycles. The number of benzene rings is 2. The summed E-state index contributed by atoms with van der Waals surface area (Å²) in [6, 6.07) is 14.8. The zero-order valence-corrected chi connectivity index (χ0v) is 28.5. The van der Waals surface area contributed by atoms with Gasteiger partial charge in [0.15, 0.2) is 0 Å². The summed E-state index contributed by atoms with van der Waals surface area (Å²) in [6.07, 6.45) is 12.8. The molecule has 1 unspecified atom stereocenters. The van der Waals surface area contributed by atoms with Crippen molar-refractivity contribution < 1.29 is 0 Å². The largest absolute Gasteiger partial charge is 0.0952 e. The first-order valence-electron chi connectivity index (χ1n) is 18.0. The molecular weight excluding hydrogens is 504 g/mol. The molecule has 0 heteroatoms. The summed E-state index contributed by atoms with van der Waals surface area (Å²) in [5, 5.41) is 0. The topological polar surface area (TPSA) is 0 Å². The Hall–Kier alpha value is -1.82. The number of fused-ring (bicyclic) bond motifs is 1. The van der Waals surface area contributed by atoms with Crippen molar-refractivity contribution in [3.05, 3.63) is 76.4 Å². The third-order valence-electron chi connectivity index (χ3n) is 13.4. The Kier molecular flexibility index (Phi) is 10.1. The lowest BCUT2D eigenvalue weighted by molar-refractivity contribution is 0.0646. The van der Waals surface area contributed by atoms with Crippen molar-refractivity contribution in [2.45, 2.75) is 126 Å². The van der Waals surface area contributed by atoms with Crippen molar-refractivity contribution in [1.82, 2.24) is 0 Å². The number of rotatable bonds is 8. The van der Waals surface area contributed by atoms with Gasteiger partial charge in [0.1, 0.15) is 0 Å². The normalized spacial score (nSPS) is 35.2. The molecule has 3 aliphatic rings. The highest BCUT2D eigenvalue weighted by atomic mass is 14.4. The third-order valence-corrected chi connectivity index (χ3v) is 13.4. The van der Waals surface area contributed by atoms with Gasteiger partial charge in [-0.3, -0.25) is 0 Å². The average Bonchev–Trinajstić information content (AvgIpc) is 2.99. The van der Waals surface area contributed by atoms with Crippen molar-refractivity contribution in [3.63, 3.8) is 0 Å². The molecule has 0 spiro atoms. The molecule has 0 aromatic heterocycles. The minimum atomic E-state index is 0.550. The molecule has 0 N–H and O–H groups in total. The van der Waals surface area contributed by atoms with E-state index in [-0.39, 0.29) is 0 Å². The maximum atomic E-state index is 4.74. The molecule has 0 amide bonds. The second kappa shape index (κ2) is 13.4. The summed E-state index contributed by atoms with van der Waals surface area (Å²) >= 11 is 0. The third kappa shape index (κ3) is 6.35. The molecule has 0 nitrogen and oxygen atoms in total. The molecule has 2 aromatic carbocycles. The van der Waals surface area contributed by atoms with Crippen molar-refractivity contribution in [2.24, 2.45) is 53.3 Å². The smallest absolute Gasteiger partial charge is 0.00807 e. The van der Waals surface area contributed by atoms with Gasteiger partial charge < -0.3 is 0 Å². The lowest BCUT2D eigenvalue weighted by Crippen LogP contribution is -2.37. The van der Waals surface area contributed by atoms with E-state index in [1.807, 2.05) is 0 Å². The maximum Gasteiger partial charge on any atom is -0.00807 e. The summed E-state index contributed by atoms with van der Waals surface area (Å²) in [7, 11) is 0. The lowest BCUT2D eigenvalue weighted by atomic mass is 9.61. The van der Waals surface area contributed by atoms with Crippen LogP contribution in [0.1, 0.15) is 133 Å². The van der Waals surface area contributed by atoms with Crippen molar-refractivity contribution in [1.29, 1.82) is 0 Å². The van der Waals surface area contributed by atoms with Crippen LogP contribution < -0.4 is 0 Å². The highest BCUT2D eigenvalue weighted by Gasteiger charge is 2.38. The Bertz CT molecular complexity index is 1210. The van der Waals surface area contributed by atoms with Crippen LogP contribution in [0.5, 0.6) is 0 Å². The van der Waals surface area contributed by atoms with Crippen LogP contribution in [0.25, 0.3) is 5.57 Å². The fraction of sp³-hybridized carbons (Fsp3) is 0.667. The molecule has 0 saturated heterocycles. The molecule has 5 rings (SSSR count). The van der Waals surface area contributed by atoms with E-state index in [2.05, 4.69) is 91.8 Å². The highest BCUT2D eigenvalue weighted by molar-refractivity contribution is 5.72. The molecule has 42 heavy (non-hydrogen) atoms. The molecule has 10 atom stereocenters. The van der Waals surface area contributed by atoms with Crippen LogP contribution in [0.4, 0.5) is 0 Å². The first-order valence-corrected chi connectivity index (χ1v) is 18.0. The van der Waals surface area contributed by atoms with Crippen molar-refractivity contribution in [3.8, 4) is 0 Å². The second-order valence-corrected chi connectivity index (χ2v) is 15.5. The summed E-state index contributed by atoms with van der Waals surface area (Å²) in [5.41, 5.74) is 10.8. The van der Waals surface area contributed by atoms with Gasteiger partial charge in [-0.25, -0.2) is 0 Å². The zero-order valence-electron chi connectivity index (χ0n) is 28.5. The zero-order chi connectivity index (χ0) is 30.1. The molecule has 0 bridgehead atoms. The van der Waals surface area contributed by atoms with Crippen LogP contribution in [0, 0.1) is 53.3 Å². The van der Waals surface area contributed by atoms with Gasteiger partial charge in [0.25, 0.3) is 0 Å². The van der Waals surface area contributed by atoms with Gasteiger partial charge in [-0.15, -0.1) is 0 Å². The van der Waals surface area contributed by atoms with Crippen LogP contribution in [0.3, 0.4) is 0 Å². The second-order valence-electron chi connectivity index (χ2n) is 15.5. The molecule has 0 radical (unpaired) electrons. The van der Waals surface area contributed by atoms with Crippen LogP contribution in [0.2, 0.25) is 0 Å². The van der Waals surface area contributed by atoms with E-state index in [0.29, 0.717) is 5.92 Å². The van der Waals surface area contributed by atoms with Gasteiger partial charge in [-0.1, -0.05) is 111 Å². The monoisotopic (exact) mass is 566 g/mol. The van der Waals surface area contributed by atoms with Gasteiger partial charge in [-0.2, -0.15) is 0 Å². The minimum absolute atomic E-state index is 0.550. The summed E-state index contributed by atoms with van der Waals surface area (Å²) in [6.45, 7) is 24.5. The molecule has 0 aliphatic heterocycles. The van der Waals surface area contributed by atoms with Gasteiger partial charge in [-0.05, 0) is 149 Å². The first kappa shape index (κ1) is 31.6. The molecule has 2 fully saturated rings. The predicted octanol–water partition coefficient (Wildman–Crippen LogP) is 11.7. The SMILES string of the molecule is C=C1C[C@H](c2ccc(CC)c(C[C@@H]3C[C@H](CC)C(C)[C@H](C)[C@H]3C)c2)Cc2cccc(C[C@@H]3C[C@H](CC)C[C@H](C)[C@H]3C)c21. The number of allylic oxidation sites excluding steroid dienone is 1. The van der Waals surface area contributed by atoms with Crippen LogP contribution in [-0.4, -0.2) is 0 Å². The predicted molar refractivity (Wildman–Crippen MR) is 184 cm³/mol. The Labute approximate surface area is 260 Å². The number of hydrogen-bond donors (Lipinski definition) is 0. The Morgan fingerprint density at radius 2 is 1.38 bits per heavy atom. The molecule has 230 valence electrons. The number of hydrogen-bond acceptors (Lipinski definition) is 0. The standard InChI is InChI=1S/C42H62/c1-10-32-18-26(4)28(6)38(20-32)23-36-14-13-15-37-24-40(19-27(5)42(36)37)35-17-16-33(11-2)41(22-35)25-39-21-34(12-3)30(8)29(7)31(39)9/h13-17,22,26,28-32,34,38-40H,5,10-12,18-21,23-25H2,1-4,6-9H3/t26-,28+,29-,30?,31+,32+,34-,38-,39-,40-/m0/s1. The fourth-order valence-electron chi connectivity index (χ4n) is 9.93. The first-order chi connectivity index (χ1) is 20.1. The van der Waals surface area contributed by atoms with E-state index >= 15 is 0 Å². The quantitative estimate of drug-likeness (QED) is 0.298. The molecule has 2 aromatic rings. The lowest BCUT2D eigenvalue weighted by Gasteiger charge is -2.44. The maximum absolute atomic E-state index is 4.74. The highest BCUT2D eigenvalue weighted by Crippen LogP contribution is 2.47. The molecular formula is C42H62.